The fraction of sp³-hybridized carbons (Fsp3) is 0.471. The molecule has 1 aromatic carbocycles. The number of nitrogens with zero attached hydrogens (tertiary/aromatic N) is 3. The van der Waals surface area contributed by atoms with Gasteiger partial charge in [-0.1, -0.05) is 35.5 Å². The van der Waals surface area contributed by atoms with E-state index in [1.807, 2.05) is 35.2 Å². The summed E-state index contributed by atoms with van der Waals surface area (Å²) in [6.07, 6.45) is 2.37. The predicted molar refractivity (Wildman–Crippen MR) is 83.7 cm³/mol. The van der Waals surface area contributed by atoms with E-state index in [2.05, 4.69) is 10.1 Å². The maximum absolute atomic E-state index is 12.5. The minimum atomic E-state index is 0.137. The van der Waals surface area contributed by atoms with Gasteiger partial charge in [0.05, 0.1) is 6.42 Å². The highest BCUT2D eigenvalue weighted by Crippen LogP contribution is 2.25. The molecule has 0 N–H and O–H groups in total. The number of likely N-dealkylation sites (tertiary alicyclic amines) is 1. The number of rotatable bonds is 5. The van der Waals surface area contributed by atoms with Crippen LogP contribution in [0.4, 0.5) is 0 Å². The first-order chi connectivity index (χ1) is 11.3. The van der Waals surface area contributed by atoms with E-state index in [0.29, 0.717) is 31.3 Å². The van der Waals surface area contributed by atoms with E-state index in [0.717, 1.165) is 24.9 Å². The van der Waals surface area contributed by atoms with E-state index in [9.17, 15) is 4.79 Å². The minimum Gasteiger partial charge on any atom is -0.375 e. The number of piperidine rings is 1. The Morgan fingerprint density at radius 2 is 2.22 bits per heavy atom. The molecule has 0 spiro atoms. The molecule has 0 radical (unpaired) electrons. The van der Waals surface area contributed by atoms with Crippen molar-refractivity contribution in [1.82, 2.24) is 15.0 Å². The molecule has 1 fully saturated rings. The number of carbonyl (C=O) groups excluding carboxylic acids is 1. The topological polar surface area (TPSA) is 68.5 Å². The van der Waals surface area contributed by atoms with Crippen molar-refractivity contribution in [3.8, 4) is 0 Å². The number of hydrogen-bond acceptors (Lipinski definition) is 5. The molecule has 1 atom stereocenters. The third-order valence-corrected chi connectivity index (χ3v) is 4.09. The molecular formula is C17H21N3O3. The van der Waals surface area contributed by atoms with Crippen LogP contribution in [0.2, 0.25) is 0 Å². The normalized spacial score (nSPS) is 18.1. The second-order valence-electron chi connectivity index (χ2n) is 5.82. The van der Waals surface area contributed by atoms with Gasteiger partial charge in [-0.3, -0.25) is 4.79 Å². The van der Waals surface area contributed by atoms with Gasteiger partial charge in [-0.05, 0) is 18.4 Å². The Balaban J connectivity index is 1.62. The van der Waals surface area contributed by atoms with Gasteiger partial charge in [-0.15, -0.1) is 0 Å². The van der Waals surface area contributed by atoms with Crippen LogP contribution >= 0.6 is 0 Å². The molecule has 6 nitrogen and oxygen atoms in total. The maximum Gasteiger partial charge on any atom is 0.252 e. The summed E-state index contributed by atoms with van der Waals surface area (Å²) in [4.78, 5) is 18.8. The van der Waals surface area contributed by atoms with Crippen LogP contribution in [-0.4, -0.2) is 41.1 Å². The van der Waals surface area contributed by atoms with E-state index in [1.54, 1.807) is 7.11 Å². The van der Waals surface area contributed by atoms with Gasteiger partial charge in [0.15, 0.2) is 5.82 Å². The molecule has 122 valence electrons. The van der Waals surface area contributed by atoms with Gasteiger partial charge in [-0.25, -0.2) is 0 Å². The summed E-state index contributed by atoms with van der Waals surface area (Å²) in [5.41, 5.74) is 1.04. The zero-order chi connectivity index (χ0) is 16.1. The largest absolute Gasteiger partial charge is 0.375 e. The lowest BCUT2D eigenvalue weighted by molar-refractivity contribution is -0.131. The molecule has 1 aliphatic heterocycles. The molecule has 3 rings (SSSR count). The number of carbonyl (C=O) groups is 1. The number of ether oxygens (including phenoxy) is 1. The molecule has 23 heavy (non-hydrogen) atoms. The lowest BCUT2D eigenvalue weighted by Gasteiger charge is -2.31. The zero-order valence-electron chi connectivity index (χ0n) is 13.3. The zero-order valence-corrected chi connectivity index (χ0v) is 13.3. The molecule has 0 saturated carbocycles. The highest BCUT2D eigenvalue weighted by molar-refractivity contribution is 5.78. The lowest BCUT2D eigenvalue weighted by Crippen LogP contribution is -2.40. The van der Waals surface area contributed by atoms with Gasteiger partial charge in [-0.2, -0.15) is 4.98 Å². The molecule has 1 amide bonds. The summed E-state index contributed by atoms with van der Waals surface area (Å²) < 4.78 is 10.2. The highest BCUT2D eigenvalue weighted by atomic mass is 16.5. The van der Waals surface area contributed by atoms with Crippen LogP contribution in [0.3, 0.4) is 0 Å². The maximum atomic E-state index is 12.5. The van der Waals surface area contributed by atoms with Crippen LogP contribution in [-0.2, 0) is 22.6 Å². The molecule has 1 aromatic heterocycles. The van der Waals surface area contributed by atoms with Gasteiger partial charge in [0.2, 0.25) is 5.91 Å². The van der Waals surface area contributed by atoms with Crippen molar-refractivity contribution in [3.05, 3.63) is 47.6 Å². The molecule has 1 unspecified atom stereocenters. The monoisotopic (exact) mass is 315 g/mol. The van der Waals surface area contributed by atoms with Gasteiger partial charge in [0.25, 0.3) is 5.89 Å². The standard InChI is InChI=1S/C17H21N3O3/c1-22-12-15-18-17(19-23-15)14-8-5-9-20(11-14)16(21)10-13-6-3-2-4-7-13/h2-4,6-7,14H,5,8-12H2,1H3. The number of methoxy groups -OCH3 is 1. The Labute approximate surface area is 135 Å². The summed E-state index contributed by atoms with van der Waals surface area (Å²) in [7, 11) is 1.59. The molecule has 1 saturated heterocycles. The Hall–Kier alpha value is -2.21. The molecular weight excluding hydrogens is 294 g/mol. The number of benzene rings is 1. The van der Waals surface area contributed by atoms with Gasteiger partial charge < -0.3 is 14.2 Å². The Bertz CT molecular complexity index is 642. The van der Waals surface area contributed by atoms with Crippen LogP contribution < -0.4 is 0 Å². The third kappa shape index (κ3) is 3.96. The van der Waals surface area contributed by atoms with Crippen molar-refractivity contribution in [3.63, 3.8) is 0 Å². The average molecular weight is 315 g/mol. The predicted octanol–water partition coefficient (Wildman–Crippen LogP) is 2.16. The summed E-state index contributed by atoms with van der Waals surface area (Å²) in [6.45, 7) is 1.76. The Morgan fingerprint density at radius 1 is 1.39 bits per heavy atom. The summed E-state index contributed by atoms with van der Waals surface area (Å²) in [5.74, 6) is 1.45. The van der Waals surface area contributed by atoms with Crippen molar-refractivity contribution < 1.29 is 14.1 Å². The van der Waals surface area contributed by atoms with Crippen molar-refractivity contribution in [2.24, 2.45) is 0 Å². The second kappa shape index (κ2) is 7.37. The van der Waals surface area contributed by atoms with Crippen LogP contribution in [0, 0.1) is 0 Å². The lowest BCUT2D eigenvalue weighted by atomic mass is 9.97. The van der Waals surface area contributed by atoms with E-state index in [1.165, 1.54) is 0 Å². The molecule has 2 heterocycles. The fourth-order valence-corrected chi connectivity index (χ4v) is 2.91. The smallest absolute Gasteiger partial charge is 0.252 e. The van der Waals surface area contributed by atoms with Crippen molar-refractivity contribution in [2.75, 3.05) is 20.2 Å². The van der Waals surface area contributed by atoms with Crippen LogP contribution in [0.15, 0.2) is 34.9 Å². The average Bonchev–Trinajstić information content (AvgIpc) is 3.05. The Morgan fingerprint density at radius 3 is 3.00 bits per heavy atom. The summed E-state index contributed by atoms with van der Waals surface area (Å²) in [5, 5.41) is 4.03. The van der Waals surface area contributed by atoms with Crippen molar-refractivity contribution in [1.29, 1.82) is 0 Å². The van der Waals surface area contributed by atoms with Crippen molar-refractivity contribution in [2.45, 2.75) is 31.8 Å². The fourth-order valence-electron chi connectivity index (χ4n) is 2.91. The number of amides is 1. The Kier molecular flexibility index (Phi) is 5.02. The van der Waals surface area contributed by atoms with Gasteiger partial charge >= 0.3 is 0 Å². The van der Waals surface area contributed by atoms with Crippen LogP contribution in [0.1, 0.15) is 36.0 Å². The molecule has 6 heteroatoms. The van der Waals surface area contributed by atoms with E-state index < -0.39 is 0 Å². The first kappa shape index (κ1) is 15.7. The summed E-state index contributed by atoms with van der Waals surface area (Å²) >= 11 is 0. The number of aromatic nitrogens is 2. The summed E-state index contributed by atoms with van der Waals surface area (Å²) in [6, 6.07) is 9.83. The van der Waals surface area contributed by atoms with E-state index in [-0.39, 0.29) is 11.8 Å². The van der Waals surface area contributed by atoms with Crippen molar-refractivity contribution >= 4 is 5.91 Å². The first-order valence-electron chi connectivity index (χ1n) is 7.89. The van der Waals surface area contributed by atoms with E-state index >= 15 is 0 Å². The second-order valence-corrected chi connectivity index (χ2v) is 5.82. The third-order valence-electron chi connectivity index (χ3n) is 4.09. The minimum absolute atomic E-state index is 0.137. The SMILES string of the molecule is COCc1nc(C2CCCN(C(=O)Cc3ccccc3)C2)no1. The highest BCUT2D eigenvalue weighted by Gasteiger charge is 2.27. The molecule has 1 aliphatic rings. The van der Waals surface area contributed by atoms with E-state index in [4.69, 9.17) is 9.26 Å². The molecule has 2 aromatic rings. The quantitative estimate of drug-likeness (QED) is 0.846. The molecule has 0 bridgehead atoms. The first-order valence-corrected chi connectivity index (χ1v) is 7.89. The van der Waals surface area contributed by atoms with Gasteiger partial charge in [0.1, 0.15) is 6.61 Å². The van der Waals surface area contributed by atoms with Crippen LogP contribution in [0.5, 0.6) is 0 Å². The van der Waals surface area contributed by atoms with Gasteiger partial charge in [0, 0.05) is 26.1 Å². The molecule has 0 aliphatic carbocycles. The number of hydrogen-bond donors (Lipinski definition) is 0. The van der Waals surface area contributed by atoms with Crippen LogP contribution in [0.25, 0.3) is 0 Å².